The average molecular weight is 311 g/mol. The quantitative estimate of drug-likeness (QED) is 0.684. The Kier molecular flexibility index (Phi) is 7.56. The molecule has 1 amide bonds. The zero-order chi connectivity index (χ0) is 16.5. The minimum Gasteiger partial charge on any atom is -0.480 e. The summed E-state index contributed by atoms with van der Waals surface area (Å²) >= 11 is 0. The summed E-state index contributed by atoms with van der Waals surface area (Å²) < 4.78 is 5.09. The number of nitrogens with one attached hydrogen (secondary N) is 1. The highest BCUT2D eigenvalue weighted by Gasteiger charge is 2.24. The van der Waals surface area contributed by atoms with Gasteiger partial charge in [-0.25, -0.2) is 4.79 Å². The number of hydrogen-bond acceptors (Lipinski definition) is 5. The molecule has 7 nitrogen and oxygen atoms in total. The standard InChI is InChI=1S/C15H25N3O4/c1-4-7-11-16-13(22-18-11)9-6-8-12(19)17-14(15(20)21)10(3)5-2/h10,14H,4-9H2,1-3H3,(H,17,19)(H,20,21)/t10-,14-/m0/s1. The fraction of sp³-hybridized carbons (Fsp3) is 0.733. The molecule has 1 heterocycles. The van der Waals surface area contributed by atoms with Crippen molar-refractivity contribution in [3.63, 3.8) is 0 Å². The van der Waals surface area contributed by atoms with Gasteiger partial charge in [0, 0.05) is 19.3 Å². The summed E-state index contributed by atoms with van der Waals surface area (Å²) in [5.74, 6) is -0.156. The number of aromatic nitrogens is 2. The number of nitrogens with zero attached hydrogens (tertiary/aromatic N) is 2. The Bertz CT molecular complexity index is 487. The molecule has 7 heteroatoms. The van der Waals surface area contributed by atoms with Gasteiger partial charge in [-0.2, -0.15) is 4.98 Å². The van der Waals surface area contributed by atoms with Crippen LogP contribution < -0.4 is 5.32 Å². The van der Waals surface area contributed by atoms with Gasteiger partial charge < -0.3 is 14.9 Å². The minimum atomic E-state index is -0.996. The number of aryl methyl sites for hydroxylation is 2. The molecule has 1 aromatic rings. The smallest absolute Gasteiger partial charge is 0.326 e. The summed E-state index contributed by atoms with van der Waals surface area (Å²) in [7, 11) is 0. The second-order valence-corrected chi connectivity index (χ2v) is 5.48. The van der Waals surface area contributed by atoms with Crippen LogP contribution in [-0.4, -0.2) is 33.2 Å². The highest BCUT2D eigenvalue weighted by atomic mass is 16.5. The van der Waals surface area contributed by atoms with Gasteiger partial charge >= 0.3 is 5.97 Å². The zero-order valence-electron chi connectivity index (χ0n) is 13.5. The van der Waals surface area contributed by atoms with Crippen LogP contribution >= 0.6 is 0 Å². The summed E-state index contributed by atoms with van der Waals surface area (Å²) in [5.41, 5.74) is 0. The van der Waals surface area contributed by atoms with Crippen LogP contribution in [0.5, 0.6) is 0 Å². The number of aliphatic carboxylic acids is 1. The van der Waals surface area contributed by atoms with Crippen molar-refractivity contribution < 1.29 is 19.2 Å². The van der Waals surface area contributed by atoms with Gasteiger partial charge in [-0.15, -0.1) is 0 Å². The first-order valence-electron chi connectivity index (χ1n) is 7.81. The molecule has 0 saturated carbocycles. The van der Waals surface area contributed by atoms with Gasteiger partial charge in [-0.05, 0) is 18.8 Å². The van der Waals surface area contributed by atoms with Gasteiger partial charge in [0.15, 0.2) is 5.82 Å². The lowest BCUT2D eigenvalue weighted by Gasteiger charge is -2.19. The van der Waals surface area contributed by atoms with Crippen molar-refractivity contribution in [2.24, 2.45) is 5.92 Å². The van der Waals surface area contributed by atoms with E-state index in [4.69, 9.17) is 9.63 Å². The van der Waals surface area contributed by atoms with Gasteiger partial charge in [0.05, 0.1) is 0 Å². The largest absolute Gasteiger partial charge is 0.480 e. The van der Waals surface area contributed by atoms with Crippen molar-refractivity contribution in [3.05, 3.63) is 11.7 Å². The Morgan fingerprint density at radius 1 is 1.32 bits per heavy atom. The summed E-state index contributed by atoms with van der Waals surface area (Å²) in [6.07, 6.45) is 3.73. The van der Waals surface area contributed by atoms with Crippen molar-refractivity contribution in [2.45, 2.75) is 65.3 Å². The first-order valence-corrected chi connectivity index (χ1v) is 7.81. The molecule has 0 aliphatic carbocycles. The molecule has 2 N–H and O–H groups in total. The Morgan fingerprint density at radius 2 is 2.05 bits per heavy atom. The number of carbonyl (C=O) groups excluding carboxylic acids is 1. The molecule has 0 aromatic carbocycles. The van der Waals surface area contributed by atoms with E-state index in [0.717, 1.165) is 12.8 Å². The maximum absolute atomic E-state index is 11.8. The lowest BCUT2D eigenvalue weighted by atomic mass is 9.99. The van der Waals surface area contributed by atoms with Gasteiger partial charge in [0.2, 0.25) is 11.8 Å². The number of amides is 1. The third kappa shape index (κ3) is 5.83. The van der Waals surface area contributed by atoms with Crippen LogP contribution in [0.25, 0.3) is 0 Å². The molecule has 2 atom stereocenters. The van der Waals surface area contributed by atoms with Crippen LogP contribution in [0.15, 0.2) is 4.52 Å². The van der Waals surface area contributed by atoms with Crippen molar-refractivity contribution in [3.8, 4) is 0 Å². The summed E-state index contributed by atoms with van der Waals surface area (Å²) in [6.45, 7) is 5.75. The number of carbonyl (C=O) groups is 2. The SMILES string of the molecule is CCCc1noc(CCCC(=O)N[C@H](C(=O)O)[C@@H](C)CC)n1. The first-order chi connectivity index (χ1) is 10.5. The molecule has 0 fully saturated rings. The van der Waals surface area contributed by atoms with Gasteiger partial charge in [0.25, 0.3) is 0 Å². The maximum atomic E-state index is 11.8. The van der Waals surface area contributed by atoms with Crippen LogP contribution in [0.2, 0.25) is 0 Å². The Morgan fingerprint density at radius 3 is 2.64 bits per heavy atom. The number of carboxylic acid groups (broad SMARTS) is 1. The normalized spacial score (nSPS) is 13.6. The Balaban J connectivity index is 2.36. The predicted octanol–water partition coefficient (Wildman–Crippen LogP) is 1.96. The van der Waals surface area contributed by atoms with E-state index >= 15 is 0 Å². The molecule has 1 aromatic heterocycles. The van der Waals surface area contributed by atoms with Gasteiger partial charge in [0.1, 0.15) is 6.04 Å². The number of rotatable bonds is 10. The van der Waals surface area contributed by atoms with Crippen LogP contribution in [0, 0.1) is 5.92 Å². The Hall–Kier alpha value is -1.92. The van der Waals surface area contributed by atoms with Crippen molar-refractivity contribution in [1.82, 2.24) is 15.5 Å². The summed E-state index contributed by atoms with van der Waals surface area (Å²) in [5, 5.41) is 15.6. The van der Waals surface area contributed by atoms with E-state index in [1.54, 1.807) is 0 Å². The van der Waals surface area contributed by atoms with E-state index in [9.17, 15) is 9.59 Å². The van der Waals surface area contributed by atoms with E-state index in [1.807, 2.05) is 20.8 Å². The summed E-state index contributed by atoms with van der Waals surface area (Å²) in [6, 6.07) is -0.836. The van der Waals surface area contributed by atoms with Crippen LogP contribution in [-0.2, 0) is 22.4 Å². The zero-order valence-corrected chi connectivity index (χ0v) is 13.5. The van der Waals surface area contributed by atoms with E-state index < -0.39 is 12.0 Å². The monoisotopic (exact) mass is 311 g/mol. The molecule has 0 aliphatic rings. The molecular formula is C15H25N3O4. The topological polar surface area (TPSA) is 105 Å². The predicted molar refractivity (Wildman–Crippen MR) is 80.3 cm³/mol. The number of carboxylic acids is 1. The second kappa shape index (κ2) is 9.17. The lowest BCUT2D eigenvalue weighted by molar-refractivity contribution is -0.143. The van der Waals surface area contributed by atoms with Crippen molar-refractivity contribution in [1.29, 1.82) is 0 Å². The van der Waals surface area contributed by atoms with Crippen LogP contribution in [0.1, 0.15) is 58.2 Å². The van der Waals surface area contributed by atoms with Crippen LogP contribution in [0.4, 0.5) is 0 Å². The number of hydrogen-bond donors (Lipinski definition) is 2. The second-order valence-electron chi connectivity index (χ2n) is 5.48. The molecule has 124 valence electrons. The molecule has 0 saturated heterocycles. The molecular weight excluding hydrogens is 286 g/mol. The van der Waals surface area contributed by atoms with Crippen molar-refractivity contribution >= 4 is 11.9 Å². The van der Waals surface area contributed by atoms with E-state index in [1.165, 1.54) is 0 Å². The van der Waals surface area contributed by atoms with E-state index in [2.05, 4.69) is 15.5 Å². The van der Waals surface area contributed by atoms with Gasteiger partial charge in [-0.1, -0.05) is 32.3 Å². The minimum absolute atomic E-state index is 0.103. The fourth-order valence-corrected chi connectivity index (χ4v) is 2.05. The Labute approximate surface area is 130 Å². The molecule has 0 bridgehead atoms. The molecule has 0 aliphatic heterocycles. The van der Waals surface area contributed by atoms with E-state index in [-0.39, 0.29) is 18.2 Å². The first kappa shape index (κ1) is 18.1. The highest BCUT2D eigenvalue weighted by Crippen LogP contribution is 2.09. The van der Waals surface area contributed by atoms with E-state index in [0.29, 0.717) is 31.0 Å². The average Bonchev–Trinajstić information content (AvgIpc) is 2.91. The lowest BCUT2D eigenvalue weighted by Crippen LogP contribution is -2.44. The van der Waals surface area contributed by atoms with Gasteiger partial charge in [-0.3, -0.25) is 4.79 Å². The molecule has 22 heavy (non-hydrogen) atoms. The third-order valence-corrected chi connectivity index (χ3v) is 3.57. The maximum Gasteiger partial charge on any atom is 0.326 e. The van der Waals surface area contributed by atoms with Crippen molar-refractivity contribution in [2.75, 3.05) is 0 Å². The fourth-order valence-electron chi connectivity index (χ4n) is 2.05. The van der Waals surface area contributed by atoms with Crippen LogP contribution in [0.3, 0.4) is 0 Å². The summed E-state index contributed by atoms with van der Waals surface area (Å²) in [4.78, 5) is 27.2. The molecule has 0 radical (unpaired) electrons. The third-order valence-electron chi connectivity index (χ3n) is 3.57. The molecule has 0 unspecified atom stereocenters. The molecule has 0 spiro atoms. The highest BCUT2D eigenvalue weighted by molar-refractivity contribution is 5.83. The molecule has 1 rings (SSSR count).